The molecule has 0 fully saturated rings. The molecule has 18 heavy (non-hydrogen) atoms. The summed E-state index contributed by atoms with van der Waals surface area (Å²) in [6.07, 6.45) is 0. The Kier molecular flexibility index (Phi) is 3.33. The van der Waals surface area contributed by atoms with E-state index in [1.165, 1.54) is 6.07 Å². The number of phenols is 1. The lowest BCUT2D eigenvalue weighted by Gasteiger charge is -2.08. The minimum atomic E-state index is -0.165. The minimum absolute atomic E-state index is 0.133. The van der Waals surface area contributed by atoms with Crippen LogP contribution in [0.4, 0.5) is 5.69 Å². The maximum Gasteiger partial charge on any atom is 0.255 e. The van der Waals surface area contributed by atoms with E-state index in [2.05, 4.69) is 5.32 Å². The second-order valence-corrected chi connectivity index (χ2v) is 4.32. The van der Waals surface area contributed by atoms with E-state index in [1.54, 1.807) is 18.2 Å². The third kappa shape index (κ3) is 2.69. The average Bonchev–Trinajstić information content (AvgIpc) is 2.32. The number of aromatic hydroxyl groups is 1. The van der Waals surface area contributed by atoms with Gasteiger partial charge in [0.2, 0.25) is 0 Å². The fourth-order valence-corrected chi connectivity index (χ4v) is 1.76. The molecule has 2 aromatic carbocycles. The van der Waals surface area contributed by atoms with E-state index in [4.69, 9.17) is 0 Å². The third-order valence-corrected chi connectivity index (χ3v) is 2.74. The Morgan fingerprint density at radius 3 is 2.61 bits per heavy atom. The van der Waals surface area contributed by atoms with Crippen molar-refractivity contribution in [2.75, 3.05) is 5.32 Å². The Hall–Kier alpha value is -2.29. The molecular weight excluding hydrogens is 226 g/mol. The zero-order valence-electron chi connectivity index (χ0n) is 10.4. The van der Waals surface area contributed by atoms with Crippen LogP contribution in [0.1, 0.15) is 21.5 Å². The van der Waals surface area contributed by atoms with Gasteiger partial charge < -0.3 is 10.4 Å². The van der Waals surface area contributed by atoms with Gasteiger partial charge in [0.05, 0.1) is 0 Å². The van der Waals surface area contributed by atoms with Gasteiger partial charge in [-0.15, -0.1) is 0 Å². The number of phenolic OH excluding ortho intramolecular Hbond substituents is 1. The minimum Gasteiger partial charge on any atom is -0.508 e. The molecule has 0 spiro atoms. The van der Waals surface area contributed by atoms with Crippen LogP contribution in [0.25, 0.3) is 0 Å². The molecule has 0 aliphatic rings. The molecule has 0 radical (unpaired) electrons. The summed E-state index contributed by atoms with van der Waals surface area (Å²) in [4.78, 5) is 12.1. The number of benzene rings is 2. The predicted molar refractivity (Wildman–Crippen MR) is 72.0 cm³/mol. The highest BCUT2D eigenvalue weighted by molar-refractivity contribution is 6.05. The smallest absolute Gasteiger partial charge is 0.255 e. The van der Waals surface area contributed by atoms with Gasteiger partial charge in [-0.25, -0.2) is 0 Å². The van der Waals surface area contributed by atoms with Crippen molar-refractivity contribution in [2.45, 2.75) is 13.8 Å². The second-order valence-electron chi connectivity index (χ2n) is 4.32. The monoisotopic (exact) mass is 241 g/mol. The van der Waals surface area contributed by atoms with E-state index in [0.717, 1.165) is 11.1 Å². The number of nitrogens with one attached hydrogen (secondary N) is 1. The van der Waals surface area contributed by atoms with Crippen LogP contribution in [0.15, 0.2) is 42.5 Å². The fraction of sp³-hybridized carbons (Fsp3) is 0.133. The number of carbonyl (C=O) groups is 1. The lowest BCUT2D eigenvalue weighted by Crippen LogP contribution is -2.13. The van der Waals surface area contributed by atoms with Gasteiger partial charge in [-0.3, -0.25) is 4.79 Å². The molecule has 0 saturated heterocycles. The van der Waals surface area contributed by atoms with Crippen molar-refractivity contribution in [3.63, 3.8) is 0 Å². The van der Waals surface area contributed by atoms with E-state index >= 15 is 0 Å². The van der Waals surface area contributed by atoms with Crippen LogP contribution in [-0.4, -0.2) is 11.0 Å². The number of carbonyl (C=O) groups excluding carboxylic acids is 1. The van der Waals surface area contributed by atoms with E-state index < -0.39 is 0 Å². The summed E-state index contributed by atoms with van der Waals surface area (Å²) >= 11 is 0. The fourth-order valence-electron chi connectivity index (χ4n) is 1.76. The van der Waals surface area contributed by atoms with Crippen LogP contribution in [0, 0.1) is 13.8 Å². The quantitative estimate of drug-likeness (QED) is 0.847. The van der Waals surface area contributed by atoms with Gasteiger partial charge in [0.15, 0.2) is 0 Å². The zero-order chi connectivity index (χ0) is 13.1. The van der Waals surface area contributed by atoms with Crippen molar-refractivity contribution in [3.05, 3.63) is 59.2 Å². The van der Waals surface area contributed by atoms with Gasteiger partial charge in [0.1, 0.15) is 5.75 Å². The molecule has 0 aromatic heterocycles. The molecule has 92 valence electrons. The molecule has 0 aliphatic carbocycles. The summed E-state index contributed by atoms with van der Waals surface area (Å²) in [6.45, 7) is 3.85. The lowest BCUT2D eigenvalue weighted by molar-refractivity contribution is 0.102. The summed E-state index contributed by atoms with van der Waals surface area (Å²) in [5, 5.41) is 12.1. The first kappa shape index (κ1) is 12.2. The van der Waals surface area contributed by atoms with E-state index in [-0.39, 0.29) is 11.7 Å². The Balaban J connectivity index is 2.24. The maximum absolute atomic E-state index is 12.1. The molecule has 3 heteroatoms. The zero-order valence-corrected chi connectivity index (χ0v) is 10.4. The number of hydrogen-bond acceptors (Lipinski definition) is 2. The second kappa shape index (κ2) is 4.92. The first-order chi connectivity index (χ1) is 8.56. The first-order valence-electron chi connectivity index (χ1n) is 5.74. The highest BCUT2D eigenvalue weighted by Gasteiger charge is 2.09. The SMILES string of the molecule is Cc1ccc(C)c(C(=O)Nc2cccc(O)c2)c1. The summed E-state index contributed by atoms with van der Waals surface area (Å²) in [5.74, 6) is -0.0319. The number of hydrogen-bond donors (Lipinski definition) is 2. The Labute approximate surface area is 106 Å². The van der Waals surface area contributed by atoms with Gasteiger partial charge in [-0.05, 0) is 37.6 Å². The van der Waals surface area contributed by atoms with Crippen LogP contribution in [0.3, 0.4) is 0 Å². The molecular formula is C15H15NO2. The van der Waals surface area contributed by atoms with Crippen LogP contribution >= 0.6 is 0 Å². The standard InChI is InChI=1S/C15H15NO2/c1-10-6-7-11(2)14(8-10)15(18)16-12-4-3-5-13(17)9-12/h3-9,17H,1-2H3,(H,16,18). The van der Waals surface area contributed by atoms with Gasteiger partial charge >= 0.3 is 0 Å². The van der Waals surface area contributed by atoms with Gasteiger partial charge in [0.25, 0.3) is 5.91 Å². The van der Waals surface area contributed by atoms with Crippen molar-refractivity contribution in [1.29, 1.82) is 0 Å². The predicted octanol–water partition coefficient (Wildman–Crippen LogP) is 3.26. The molecule has 0 saturated carbocycles. The van der Waals surface area contributed by atoms with Crippen LogP contribution in [0.2, 0.25) is 0 Å². The third-order valence-electron chi connectivity index (χ3n) is 2.74. The lowest BCUT2D eigenvalue weighted by atomic mass is 10.1. The Bertz CT molecular complexity index is 591. The van der Waals surface area contributed by atoms with Gasteiger partial charge in [0, 0.05) is 17.3 Å². The average molecular weight is 241 g/mol. The largest absolute Gasteiger partial charge is 0.508 e. The summed E-state index contributed by atoms with van der Waals surface area (Å²) < 4.78 is 0. The highest BCUT2D eigenvalue weighted by atomic mass is 16.3. The van der Waals surface area contributed by atoms with Crippen molar-refractivity contribution in [2.24, 2.45) is 0 Å². The molecule has 2 N–H and O–H groups in total. The van der Waals surface area contributed by atoms with Crippen LogP contribution in [-0.2, 0) is 0 Å². The highest BCUT2D eigenvalue weighted by Crippen LogP contribution is 2.17. The number of aryl methyl sites for hydroxylation is 2. The Morgan fingerprint density at radius 2 is 1.89 bits per heavy atom. The molecule has 0 heterocycles. The molecule has 2 rings (SSSR count). The molecule has 3 nitrogen and oxygen atoms in total. The van der Waals surface area contributed by atoms with Gasteiger partial charge in [-0.2, -0.15) is 0 Å². The Morgan fingerprint density at radius 1 is 1.11 bits per heavy atom. The molecule has 0 aliphatic heterocycles. The van der Waals surface area contributed by atoms with E-state index in [0.29, 0.717) is 11.3 Å². The van der Waals surface area contributed by atoms with Crippen molar-refractivity contribution in [1.82, 2.24) is 0 Å². The summed E-state index contributed by atoms with van der Waals surface area (Å²) in [6, 6.07) is 12.3. The topological polar surface area (TPSA) is 49.3 Å². The van der Waals surface area contributed by atoms with Crippen LogP contribution < -0.4 is 5.32 Å². The van der Waals surface area contributed by atoms with E-state index in [9.17, 15) is 9.90 Å². The van der Waals surface area contributed by atoms with Crippen molar-refractivity contribution in [3.8, 4) is 5.75 Å². The summed E-state index contributed by atoms with van der Waals surface area (Å²) in [7, 11) is 0. The number of amides is 1. The molecule has 0 bridgehead atoms. The summed E-state index contributed by atoms with van der Waals surface area (Å²) in [5.41, 5.74) is 3.21. The molecule has 0 unspecified atom stereocenters. The van der Waals surface area contributed by atoms with Crippen molar-refractivity contribution >= 4 is 11.6 Å². The van der Waals surface area contributed by atoms with E-state index in [1.807, 2.05) is 32.0 Å². The number of anilines is 1. The molecule has 0 atom stereocenters. The first-order valence-corrected chi connectivity index (χ1v) is 5.74. The number of rotatable bonds is 2. The van der Waals surface area contributed by atoms with Gasteiger partial charge in [-0.1, -0.05) is 23.8 Å². The van der Waals surface area contributed by atoms with Crippen molar-refractivity contribution < 1.29 is 9.90 Å². The molecule has 2 aromatic rings. The molecule has 1 amide bonds. The maximum atomic E-state index is 12.1. The normalized spacial score (nSPS) is 10.1. The van der Waals surface area contributed by atoms with Crippen LogP contribution in [0.5, 0.6) is 5.75 Å².